The second-order valence-corrected chi connectivity index (χ2v) is 23.0. The van der Waals surface area contributed by atoms with Crippen molar-refractivity contribution in [1.29, 1.82) is 0 Å². The molecule has 402 valence electrons. The van der Waals surface area contributed by atoms with Gasteiger partial charge in [-0.1, -0.05) is 68.8 Å². The van der Waals surface area contributed by atoms with Crippen LogP contribution in [0.1, 0.15) is 116 Å². The van der Waals surface area contributed by atoms with Gasteiger partial charge in [0.15, 0.2) is 5.82 Å². The minimum Gasteiger partial charge on any atom is -0.391 e. The summed E-state index contributed by atoms with van der Waals surface area (Å²) < 4.78 is 1.98. The Morgan fingerprint density at radius 3 is 2.25 bits per heavy atom. The number of carbonyl (C=O) groups excluding carboxylic acids is 7. The maximum atomic E-state index is 14.3. The highest BCUT2D eigenvalue weighted by atomic mass is 35.5. The van der Waals surface area contributed by atoms with E-state index in [2.05, 4.69) is 60.9 Å². The second-order valence-electron chi connectivity index (χ2n) is 20.5. The Balaban J connectivity index is 0.960. The molecule has 3 aliphatic heterocycles. The van der Waals surface area contributed by atoms with E-state index >= 15 is 0 Å². The fraction of sp³-hybridized carbons (Fsp3) is 0.453. The summed E-state index contributed by atoms with van der Waals surface area (Å²) in [6.45, 7) is 12.1. The fourth-order valence-corrected chi connectivity index (χ4v) is 11.8. The molecule has 3 aromatic heterocycles. The number of nitrogens with one attached hydrogen (secondary N) is 6. The molecule has 2 saturated heterocycles. The van der Waals surface area contributed by atoms with Crippen LogP contribution in [0.25, 0.3) is 15.4 Å². The standard InChI is InChI=1S/C53H63ClN12O8S2/c1-27-29(3)76-52-43(27)44(31-15-17-34(54)18-16-31)60-37(48-64-63-30(4)66(48)52)22-40(69)55-19-9-8-10-35-20-39(68)56-23-42(71)61-47(53(5,6)7)51(74)65-25-36(67)21-38(65)49(72)62-45(50(73)57-24-41(70)59-35)32-11-13-33(14-12-32)46-28(2)58-26-75-46/h11-18,26,35-38,45,47,67H,8-10,19-25H2,1-7H3,(H,55,69)(H,56,68)(H,57,73)(H,59,70)(H,61,71)(H,62,72)/t35-,36-,37+,38+,45-,47-/m1/s1. The van der Waals surface area contributed by atoms with Gasteiger partial charge in [-0.3, -0.25) is 43.1 Å². The summed E-state index contributed by atoms with van der Waals surface area (Å²) in [5, 5.41) is 37.8. The van der Waals surface area contributed by atoms with Crippen LogP contribution >= 0.6 is 34.3 Å². The zero-order valence-electron chi connectivity index (χ0n) is 43.4. The van der Waals surface area contributed by atoms with Crippen molar-refractivity contribution in [2.24, 2.45) is 10.4 Å². The molecule has 20 nitrogen and oxygen atoms in total. The first-order chi connectivity index (χ1) is 36.2. The summed E-state index contributed by atoms with van der Waals surface area (Å²) in [7, 11) is 0. The number of benzene rings is 2. The predicted octanol–water partition coefficient (Wildman–Crippen LogP) is 4.38. The van der Waals surface area contributed by atoms with Crippen molar-refractivity contribution in [1.82, 2.24) is 56.5 Å². The lowest BCUT2D eigenvalue weighted by Crippen LogP contribution is -2.59. The van der Waals surface area contributed by atoms with Gasteiger partial charge in [0, 0.05) is 53.0 Å². The molecule has 2 aromatic carbocycles. The van der Waals surface area contributed by atoms with Gasteiger partial charge in [-0.25, -0.2) is 4.98 Å². The van der Waals surface area contributed by atoms with Gasteiger partial charge in [-0.05, 0) is 81.2 Å². The molecule has 5 aromatic rings. The van der Waals surface area contributed by atoms with Crippen LogP contribution in [-0.4, -0.2) is 127 Å². The van der Waals surface area contributed by atoms with E-state index in [1.807, 2.05) is 30.5 Å². The molecule has 0 radical (unpaired) electrons. The van der Waals surface area contributed by atoms with Gasteiger partial charge in [0.1, 0.15) is 35.0 Å². The third-order valence-corrected chi connectivity index (χ3v) is 16.2. The quantitative estimate of drug-likeness (QED) is 0.0965. The molecule has 7 amide bonds. The van der Waals surface area contributed by atoms with E-state index < -0.39 is 90.3 Å². The van der Waals surface area contributed by atoms with Gasteiger partial charge in [-0.15, -0.1) is 32.9 Å². The largest absolute Gasteiger partial charge is 0.391 e. The van der Waals surface area contributed by atoms with Crippen molar-refractivity contribution in [2.75, 3.05) is 26.2 Å². The predicted molar refractivity (Wildman–Crippen MR) is 288 cm³/mol. The first-order valence-corrected chi connectivity index (χ1v) is 27.3. The number of thiophene rings is 1. The zero-order valence-corrected chi connectivity index (χ0v) is 45.8. The number of carbonyl (C=O) groups is 7. The molecule has 3 aliphatic rings. The summed E-state index contributed by atoms with van der Waals surface area (Å²) in [6.07, 6.45) is -0.256. The summed E-state index contributed by atoms with van der Waals surface area (Å²) in [4.78, 5) is 110. The van der Waals surface area contributed by atoms with Gasteiger partial charge >= 0.3 is 0 Å². The Morgan fingerprint density at radius 1 is 0.855 bits per heavy atom. The third-order valence-electron chi connectivity index (χ3n) is 13.8. The first-order valence-electron chi connectivity index (χ1n) is 25.2. The number of rotatable bonds is 10. The highest BCUT2D eigenvalue weighted by Crippen LogP contribution is 2.40. The molecule has 8 rings (SSSR count). The van der Waals surface area contributed by atoms with Crippen LogP contribution < -0.4 is 31.9 Å². The molecular weight excluding hydrogens is 1030 g/mol. The number of hydrogen-bond donors (Lipinski definition) is 7. The smallest absolute Gasteiger partial charge is 0.247 e. The normalized spacial score (nSPS) is 22.0. The summed E-state index contributed by atoms with van der Waals surface area (Å²) >= 11 is 9.34. The van der Waals surface area contributed by atoms with Crippen LogP contribution in [-0.2, 0) is 33.6 Å². The van der Waals surface area contributed by atoms with Gasteiger partial charge in [0.2, 0.25) is 41.4 Å². The van der Waals surface area contributed by atoms with Crippen LogP contribution in [0.3, 0.4) is 0 Å². The SMILES string of the molecule is Cc1ncsc1-c1ccc([C@H]2NC(=O)[C@@H]3C[C@@H](O)CN3C(=O)[C@H](C(C)(C)C)NC(=O)CNC(=O)C[C@@H](CCCCNC(=O)C[C@@H]3N=C(c4ccc(Cl)cc4)c4c(sc(C)c4C)-n4c(C)nnc43)NC(=O)CNC2=O)cc1. The highest BCUT2D eigenvalue weighted by molar-refractivity contribution is 7.15. The van der Waals surface area contributed by atoms with E-state index in [0.29, 0.717) is 35.1 Å². The van der Waals surface area contributed by atoms with Gasteiger partial charge in [-0.2, -0.15) is 0 Å². The number of aliphatic hydroxyl groups excluding tert-OH is 1. The number of amides is 7. The van der Waals surface area contributed by atoms with Crippen molar-refractivity contribution < 1.29 is 38.7 Å². The maximum Gasteiger partial charge on any atom is 0.247 e. The fourth-order valence-electron chi connectivity index (χ4n) is 9.65. The summed E-state index contributed by atoms with van der Waals surface area (Å²) in [5.74, 6) is -2.98. The van der Waals surface area contributed by atoms with Crippen LogP contribution in [0.2, 0.25) is 5.02 Å². The summed E-state index contributed by atoms with van der Waals surface area (Å²) in [5.41, 5.74) is 6.49. The molecule has 7 N–H and O–H groups in total. The molecule has 2 fully saturated rings. The number of halogens is 1. The molecule has 0 spiro atoms. The Kier molecular flexibility index (Phi) is 17.2. The average molecular weight is 1100 g/mol. The number of aryl methyl sites for hydroxylation is 3. The van der Waals surface area contributed by atoms with Gasteiger partial charge in [0.25, 0.3) is 0 Å². The highest BCUT2D eigenvalue weighted by Gasteiger charge is 2.45. The monoisotopic (exact) mass is 1090 g/mol. The molecule has 76 heavy (non-hydrogen) atoms. The number of fused-ring (bicyclic) bond motifs is 4. The molecule has 0 saturated carbocycles. The molecule has 0 bridgehead atoms. The Labute approximate surface area is 453 Å². The number of nitrogens with zero attached hydrogens (tertiary/aromatic N) is 6. The minimum absolute atomic E-state index is 0.0185. The van der Waals surface area contributed by atoms with E-state index in [-0.39, 0.29) is 44.7 Å². The lowest BCUT2D eigenvalue weighted by atomic mass is 9.85. The molecule has 0 unspecified atom stereocenters. The van der Waals surface area contributed by atoms with E-state index in [9.17, 15) is 38.7 Å². The number of thiazole rings is 1. The topological polar surface area (TPSA) is 271 Å². The summed E-state index contributed by atoms with van der Waals surface area (Å²) in [6, 6.07) is 9.23. The number of aromatic nitrogens is 4. The van der Waals surface area contributed by atoms with E-state index in [0.717, 1.165) is 48.4 Å². The molecule has 6 heterocycles. The van der Waals surface area contributed by atoms with E-state index in [1.54, 1.807) is 74.0 Å². The Bertz CT molecular complexity index is 3050. The lowest BCUT2D eigenvalue weighted by Gasteiger charge is -2.35. The van der Waals surface area contributed by atoms with Crippen molar-refractivity contribution in [2.45, 2.75) is 123 Å². The minimum atomic E-state index is -1.34. The van der Waals surface area contributed by atoms with Crippen molar-refractivity contribution >= 4 is 81.3 Å². The third kappa shape index (κ3) is 12.7. The van der Waals surface area contributed by atoms with Crippen molar-refractivity contribution in [3.8, 4) is 15.4 Å². The van der Waals surface area contributed by atoms with Gasteiger partial charge in [0.05, 0.1) is 47.4 Å². The molecule has 0 aliphatic carbocycles. The van der Waals surface area contributed by atoms with E-state index in [4.69, 9.17) is 16.6 Å². The molecule has 23 heteroatoms. The zero-order chi connectivity index (χ0) is 54.6. The van der Waals surface area contributed by atoms with Crippen LogP contribution in [0, 0.1) is 33.1 Å². The Morgan fingerprint density at radius 2 is 1.55 bits per heavy atom. The Hall–Kier alpha value is -6.88. The van der Waals surface area contributed by atoms with Crippen molar-refractivity contribution in [3.05, 3.63) is 104 Å². The number of hydrogen-bond acceptors (Lipinski definition) is 14. The maximum absolute atomic E-state index is 14.3. The average Bonchev–Trinajstić information content (AvgIpc) is 4.15. The molecule has 6 atom stereocenters. The second kappa shape index (κ2) is 23.6. The van der Waals surface area contributed by atoms with Crippen LogP contribution in [0.5, 0.6) is 0 Å². The van der Waals surface area contributed by atoms with Crippen molar-refractivity contribution in [3.63, 3.8) is 0 Å². The van der Waals surface area contributed by atoms with Crippen LogP contribution in [0.15, 0.2) is 59.0 Å². The van der Waals surface area contributed by atoms with Crippen LogP contribution in [0.4, 0.5) is 0 Å². The number of aliphatic imine (C=N–C) groups is 1. The van der Waals surface area contributed by atoms with E-state index in [1.165, 1.54) is 16.2 Å². The number of unbranched alkanes of at least 4 members (excludes halogenated alkanes) is 1. The first kappa shape index (κ1) is 55.4. The number of aliphatic hydroxyl groups is 1. The van der Waals surface area contributed by atoms with Gasteiger partial charge < -0.3 is 41.9 Å². The molecular formula is C53H63ClN12O8S2. The lowest BCUT2D eigenvalue weighted by molar-refractivity contribution is -0.144.